The first-order valence-electron chi connectivity index (χ1n) is 11.9. The molecule has 1 aliphatic heterocycles. The fourth-order valence-electron chi connectivity index (χ4n) is 4.68. The van der Waals surface area contributed by atoms with Crippen molar-refractivity contribution in [3.05, 3.63) is 60.4 Å². The number of nitrogen functional groups attached to an aromatic ring is 1. The van der Waals surface area contributed by atoms with E-state index in [0.29, 0.717) is 62.8 Å². The maximum atomic E-state index is 12.7. The normalized spacial score (nSPS) is 15.5. The summed E-state index contributed by atoms with van der Waals surface area (Å²) in [6.07, 6.45) is 0.892. The molecule has 4 aromatic rings. The van der Waals surface area contributed by atoms with Crippen LogP contribution < -0.4 is 11.1 Å². The number of aliphatic hydroxyl groups is 1. The predicted octanol–water partition coefficient (Wildman–Crippen LogP) is 3.76. The minimum absolute atomic E-state index is 0.159. The Labute approximate surface area is 203 Å². The molecule has 0 aliphatic carbocycles. The van der Waals surface area contributed by atoms with Gasteiger partial charge in [0.25, 0.3) is 0 Å². The third kappa shape index (κ3) is 4.65. The van der Waals surface area contributed by atoms with Crippen LogP contribution in [0.25, 0.3) is 21.9 Å². The largest absolute Gasteiger partial charge is 0.388 e. The second-order valence-electron chi connectivity index (χ2n) is 8.97. The van der Waals surface area contributed by atoms with E-state index in [2.05, 4.69) is 10.3 Å². The Morgan fingerprint density at radius 2 is 1.83 bits per heavy atom. The van der Waals surface area contributed by atoms with E-state index < -0.39 is 5.60 Å². The number of aromatic nitrogens is 3. The van der Waals surface area contributed by atoms with E-state index in [1.807, 2.05) is 66.1 Å². The van der Waals surface area contributed by atoms with Crippen LogP contribution in [0.2, 0.25) is 0 Å². The number of urea groups is 1. The number of rotatable bonds is 6. The van der Waals surface area contributed by atoms with Gasteiger partial charge in [0.2, 0.25) is 0 Å². The zero-order chi connectivity index (χ0) is 24.4. The summed E-state index contributed by atoms with van der Waals surface area (Å²) in [5.74, 6) is 1.05. The zero-order valence-corrected chi connectivity index (χ0v) is 19.8. The molecule has 0 saturated carbocycles. The zero-order valence-electron chi connectivity index (χ0n) is 19.8. The standard InChI is InChI=1S/C26H30N6O3/c1-2-35-16-21-30-22-23(19-10-6-7-11-20(19)29-24(22)27)32(21)17-26(34)12-14-31(15-13-26)25(33)28-18-8-4-3-5-9-18/h3-11,34H,2,12-17H2,1H3,(H2,27,29)(H,28,33). The molecule has 9 heteroatoms. The van der Waals surface area contributed by atoms with E-state index in [0.717, 1.165) is 22.1 Å². The molecule has 0 atom stereocenters. The summed E-state index contributed by atoms with van der Waals surface area (Å²) < 4.78 is 7.70. The highest BCUT2D eigenvalue weighted by atomic mass is 16.5. The molecule has 4 N–H and O–H groups in total. The highest BCUT2D eigenvalue weighted by Crippen LogP contribution is 2.32. The lowest BCUT2D eigenvalue weighted by molar-refractivity contribution is -0.0254. The monoisotopic (exact) mass is 474 g/mol. The molecule has 1 aliphatic rings. The maximum absolute atomic E-state index is 12.7. The van der Waals surface area contributed by atoms with Crippen molar-refractivity contribution in [3.8, 4) is 0 Å². The van der Waals surface area contributed by atoms with E-state index in [1.54, 1.807) is 4.90 Å². The molecule has 2 aromatic carbocycles. The summed E-state index contributed by atoms with van der Waals surface area (Å²) >= 11 is 0. The number of ether oxygens (including phenoxy) is 1. The molecule has 0 bridgehead atoms. The molecule has 35 heavy (non-hydrogen) atoms. The van der Waals surface area contributed by atoms with Gasteiger partial charge in [0.15, 0.2) is 5.82 Å². The fourth-order valence-corrected chi connectivity index (χ4v) is 4.68. The quantitative estimate of drug-likeness (QED) is 0.392. The van der Waals surface area contributed by atoms with Crippen LogP contribution in [0, 0.1) is 0 Å². The van der Waals surface area contributed by atoms with Crippen LogP contribution >= 0.6 is 0 Å². The van der Waals surface area contributed by atoms with Crippen molar-refractivity contribution in [1.82, 2.24) is 19.4 Å². The van der Waals surface area contributed by atoms with Crippen LogP contribution in [0.1, 0.15) is 25.6 Å². The Hall–Kier alpha value is -3.69. The number of imidazole rings is 1. The third-order valence-electron chi connectivity index (χ3n) is 6.58. The second-order valence-corrected chi connectivity index (χ2v) is 8.97. The first-order chi connectivity index (χ1) is 17.0. The minimum Gasteiger partial charge on any atom is -0.388 e. The third-order valence-corrected chi connectivity index (χ3v) is 6.58. The number of pyridine rings is 1. The Morgan fingerprint density at radius 3 is 2.57 bits per heavy atom. The van der Waals surface area contributed by atoms with Gasteiger partial charge < -0.3 is 30.4 Å². The second kappa shape index (κ2) is 9.52. The Bertz CT molecular complexity index is 1350. The summed E-state index contributed by atoms with van der Waals surface area (Å²) in [5, 5.41) is 15.4. The summed E-state index contributed by atoms with van der Waals surface area (Å²) in [6.45, 7) is 4.02. The first-order valence-corrected chi connectivity index (χ1v) is 11.9. The highest BCUT2D eigenvalue weighted by molar-refractivity contribution is 6.06. The molecule has 9 nitrogen and oxygen atoms in total. The summed E-state index contributed by atoms with van der Waals surface area (Å²) in [6, 6.07) is 17.0. The molecular weight excluding hydrogens is 444 g/mol. The number of amides is 2. The van der Waals surface area contributed by atoms with E-state index in [1.165, 1.54) is 0 Å². The van der Waals surface area contributed by atoms with Crippen molar-refractivity contribution in [3.63, 3.8) is 0 Å². The van der Waals surface area contributed by atoms with E-state index in [-0.39, 0.29) is 6.03 Å². The number of para-hydroxylation sites is 2. The van der Waals surface area contributed by atoms with Crippen LogP contribution in [0.5, 0.6) is 0 Å². The molecular formula is C26H30N6O3. The fraction of sp³-hybridized carbons (Fsp3) is 0.346. The van der Waals surface area contributed by atoms with Gasteiger partial charge in [-0.05, 0) is 38.0 Å². The molecule has 0 radical (unpaired) electrons. The van der Waals surface area contributed by atoms with Crippen molar-refractivity contribution in [1.29, 1.82) is 0 Å². The molecule has 5 rings (SSSR count). The van der Waals surface area contributed by atoms with Gasteiger partial charge in [-0.2, -0.15) is 0 Å². The van der Waals surface area contributed by atoms with E-state index in [4.69, 9.17) is 15.5 Å². The molecule has 1 fully saturated rings. The van der Waals surface area contributed by atoms with Crippen LogP contribution in [-0.4, -0.2) is 55.9 Å². The average molecular weight is 475 g/mol. The van der Waals surface area contributed by atoms with Crippen LogP contribution in [-0.2, 0) is 17.9 Å². The van der Waals surface area contributed by atoms with Gasteiger partial charge in [-0.3, -0.25) is 0 Å². The number of anilines is 2. The van der Waals surface area contributed by atoms with Crippen molar-refractivity contribution in [2.75, 3.05) is 30.7 Å². The Kier molecular flexibility index (Phi) is 6.27. The summed E-state index contributed by atoms with van der Waals surface area (Å²) in [4.78, 5) is 23.7. The lowest BCUT2D eigenvalue weighted by Crippen LogP contribution is -2.49. The van der Waals surface area contributed by atoms with Gasteiger partial charge in [-0.15, -0.1) is 0 Å². The van der Waals surface area contributed by atoms with Crippen molar-refractivity contribution in [2.24, 2.45) is 0 Å². The predicted molar refractivity (Wildman–Crippen MR) is 136 cm³/mol. The van der Waals surface area contributed by atoms with Gasteiger partial charge in [-0.25, -0.2) is 14.8 Å². The smallest absolute Gasteiger partial charge is 0.321 e. The van der Waals surface area contributed by atoms with Gasteiger partial charge >= 0.3 is 6.03 Å². The number of hydrogen-bond acceptors (Lipinski definition) is 6. The minimum atomic E-state index is -1.00. The first kappa shape index (κ1) is 23.1. The maximum Gasteiger partial charge on any atom is 0.321 e. The van der Waals surface area contributed by atoms with Gasteiger partial charge in [0.05, 0.1) is 23.2 Å². The van der Waals surface area contributed by atoms with Gasteiger partial charge in [0, 0.05) is 30.8 Å². The number of hydrogen-bond donors (Lipinski definition) is 3. The Morgan fingerprint density at radius 1 is 1.11 bits per heavy atom. The highest BCUT2D eigenvalue weighted by Gasteiger charge is 2.36. The number of carbonyl (C=O) groups is 1. The topological polar surface area (TPSA) is 119 Å². The summed E-state index contributed by atoms with van der Waals surface area (Å²) in [5.41, 5.74) is 8.26. The number of likely N-dealkylation sites (tertiary alicyclic amines) is 1. The number of nitrogens with one attached hydrogen (secondary N) is 1. The van der Waals surface area contributed by atoms with Crippen molar-refractivity contribution >= 4 is 39.5 Å². The number of benzene rings is 2. The van der Waals surface area contributed by atoms with E-state index >= 15 is 0 Å². The number of fused-ring (bicyclic) bond motifs is 3. The van der Waals surface area contributed by atoms with Gasteiger partial charge in [0.1, 0.15) is 17.9 Å². The molecule has 2 amide bonds. The molecule has 182 valence electrons. The Balaban J connectivity index is 1.41. The lowest BCUT2D eigenvalue weighted by Gasteiger charge is -2.38. The number of carbonyl (C=O) groups excluding carboxylic acids is 1. The lowest BCUT2D eigenvalue weighted by atomic mass is 9.91. The molecule has 2 aromatic heterocycles. The molecule has 0 spiro atoms. The average Bonchev–Trinajstić information content (AvgIpc) is 3.22. The van der Waals surface area contributed by atoms with Crippen LogP contribution in [0.3, 0.4) is 0 Å². The SMILES string of the molecule is CCOCc1nc2c(N)nc3ccccc3c2n1CC1(O)CCN(C(=O)Nc2ccccc2)CC1. The van der Waals surface area contributed by atoms with Crippen molar-refractivity contribution < 1.29 is 14.6 Å². The van der Waals surface area contributed by atoms with Crippen molar-refractivity contribution in [2.45, 2.75) is 38.5 Å². The molecule has 3 heterocycles. The number of nitrogens with two attached hydrogens (primary N) is 1. The number of piperidine rings is 1. The molecule has 1 saturated heterocycles. The van der Waals surface area contributed by atoms with Gasteiger partial charge in [-0.1, -0.05) is 36.4 Å². The molecule has 0 unspecified atom stereocenters. The van der Waals surface area contributed by atoms with E-state index in [9.17, 15) is 9.90 Å². The summed E-state index contributed by atoms with van der Waals surface area (Å²) in [7, 11) is 0. The van der Waals surface area contributed by atoms with Crippen LogP contribution in [0.15, 0.2) is 54.6 Å². The van der Waals surface area contributed by atoms with Crippen LogP contribution in [0.4, 0.5) is 16.3 Å². The number of nitrogens with zero attached hydrogens (tertiary/aromatic N) is 4.